The van der Waals surface area contributed by atoms with Gasteiger partial charge in [-0.25, -0.2) is 4.79 Å². The summed E-state index contributed by atoms with van der Waals surface area (Å²) in [4.78, 5) is 11.6. The number of aryl methyl sites for hydroxylation is 3. The Hall–Kier alpha value is -2.29. The monoisotopic (exact) mass is 269 g/mol. The first kappa shape index (κ1) is 14.1. The third-order valence-corrected chi connectivity index (χ3v) is 3.39. The van der Waals surface area contributed by atoms with Gasteiger partial charge in [-0.3, -0.25) is 0 Å². The molecule has 0 spiro atoms. The van der Waals surface area contributed by atoms with Crippen LogP contribution >= 0.6 is 0 Å². The van der Waals surface area contributed by atoms with Gasteiger partial charge in [-0.15, -0.1) is 0 Å². The smallest absolute Gasteiger partial charge is 0.330 e. The first-order valence-corrected chi connectivity index (χ1v) is 6.61. The molecule has 0 saturated carbocycles. The van der Waals surface area contributed by atoms with Crippen LogP contribution in [0.4, 0.5) is 5.69 Å². The average Bonchev–Trinajstić information content (AvgIpc) is 2.38. The van der Waals surface area contributed by atoms with E-state index in [-0.39, 0.29) is 0 Å². The molecule has 1 unspecified atom stereocenters. The Morgan fingerprint density at radius 2 is 1.65 bits per heavy atom. The quantitative estimate of drug-likeness (QED) is 0.886. The third kappa shape index (κ3) is 2.99. The van der Waals surface area contributed by atoms with Gasteiger partial charge >= 0.3 is 5.97 Å². The maximum atomic E-state index is 11.6. The van der Waals surface area contributed by atoms with Gasteiger partial charge in [0.25, 0.3) is 0 Å². The average molecular weight is 269 g/mol. The maximum Gasteiger partial charge on any atom is 0.330 e. The van der Waals surface area contributed by atoms with Crippen molar-refractivity contribution in [2.75, 3.05) is 5.32 Å². The van der Waals surface area contributed by atoms with E-state index in [0.29, 0.717) is 0 Å². The van der Waals surface area contributed by atoms with Gasteiger partial charge < -0.3 is 10.4 Å². The molecule has 0 amide bonds. The molecule has 2 rings (SSSR count). The predicted molar refractivity (Wildman–Crippen MR) is 81.1 cm³/mol. The molecule has 2 aromatic carbocycles. The molecule has 0 aliphatic rings. The van der Waals surface area contributed by atoms with Crippen LogP contribution in [0, 0.1) is 20.8 Å². The number of carboxylic acid groups (broad SMARTS) is 1. The summed E-state index contributed by atoms with van der Waals surface area (Å²) in [5.74, 6) is -0.877. The largest absolute Gasteiger partial charge is 0.479 e. The second-order valence-electron chi connectivity index (χ2n) is 5.10. The number of para-hydroxylation sites is 1. The fourth-order valence-electron chi connectivity index (χ4n) is 2.32. The van der Waals surface area contributed by atoms with Crippen molar-refractivity contribution < 1.29 is 9.90 Å². The van der Waals surface area contributed by atoms with Crippen molar-refractivity contribution in [3.63, 3.8) is 0 Å². The number of benzene rings is 2. The molecule has 2 N–H and O–H groups in total. The Balaban J connectivity index is 2.38. The number of carbonyl (C=O) groups is 1. The molecule has 0 aromatic heterocycles. The maximum absolute atomic E-state index is 11.6. The molecule has 0 heterocycles. The number of nitrogens with one attached hydrogen (secondary N) is 1. The highest BCUT2D eigenvalue weighted by molar-refractivity contribution is 5.80. The zero-order valence-electron chi connectivity index (χ0n) is 12.0. The van der Waals surface area contributed by atoms with E-state index in [1.807, 2.05) is 63.2 Å². The highest BCUT2D eigenvalue weighted by atomic mass is 16.4. The van der Waals surface area contributed by atoms with E-state index in [4.69, 9.17) is 0 Å². The molecule has 0 radical (unpaired) electrons. The molecule has 0 fully saturated rings. The fourth-order valence-corrected chi connectivity index (χ4v) is 2.32. The van der Waals surface area contributed by atoms with E-state index in [9.17, 15) is 9.90 Å². The number of carboxylic acids is 1. The number of anilines is 1. The third-order valence-electron chi connectivity index (χ3n) is 3.39. The number of rotatable bonds is 4. The Bertz CT molecular complexity index is 614. The summed E-state index contributed by atoms with van der Waals surface area (Å²) in [6, 6.07) is 12.8. The highest BCUT2D eigenvalue weighted by Crippen LogP contribution is 2.26. The van der Waals surface area contributed by atoms with Crippen LogP contribution in [0.5, 0.6) is 0 Å². The minimum absolute atomic E-state index is 0.741. The van der Waals surface area contributed by atoms with E-state index in [2.05, 4.69) is 5.32 Å². The molecular weight excluding hydrogens is 250 g/mol. The van der Waals surface area contributed by atoms with Crippen LogP contribution in [0.15, 0.2) is 42.5 Å². The zero-order valence-corrected chi connectivity index (χ0v) is 12.0. The highest BCUT2D eigenvalue weighted by Gasteiger charge is 2.20. The lowest BCUT2D eigenvalue weighted by Crippen LogP contribution is -2.21. The lowest BCUT2D eigenvalue weighted by molar-refractivity contribution is -0.138. The number of hydrogen-bond acceptors (Lipinski definition) is 2. The molecule has 0 aliphatic carbocycles. The molecule has 0 bridgehead atoms. The molecule has 1 atom stereocenters. The molecule has 2 aromatic rings. The summed E-state index contributed by atoms with van der Waals surface area (Å²) >= 11 is 0. The summed E-state index contributed by atoms with van der Waals surface area (Å²) in [6.45, 7) is 5.91. The lowest BCUT2D eigenvalue weighted by Gasteiger charge is -2.20. The summed E-state index contributed by atoms with van der Waals surface area (Å²) < 4.78 is 0. The van der Waals surface area contributed by atoms with Crippen LogP contribution in [0.3, 0.4) is 0 Å². The Morgan fingerprint density at radius 3 is 2.20 bits per heavy atom. The molecular formula is C17H19NO2. The molecule has 3 heteroatoms. The van der Waals surface area contributed by atoms with Crippen LogP contribution in [-0.2, 0) is 4.79 Å². The summed E-state index contributed by atoms with van der Waals surface area (Å²) in [6.07, 6.45) is 0. The van der Waals surface area contributed by atoms with E-state index in [1.165, 1.54) is 0 Å². The van der Waals surface area contributed by atoms with Gasteiger partial charge in [-0.1, -0.05) is 48.0 Å². The second-order valence-corrected chi connectivity index (χ2v) is 5.10. The van der Waals surface area contributed by atoms with Gasteiger partial charge in [-0.05, 0) is 37.5 Å². The Kier molecular flexibility index (Phi) is 4.08. The van der Waals surface area contributed by atoms with Crippen molar-refractivity contribution in [2.24, 2.45) is 0 Å². The first-order chi connectivity index (χ1) is 9.49. The standard InChI is InChI=1S/C17H19NO2/c1-11-6-4-9-14(10-11)16(17(19)20)18-15-12(2)7-5-8-13(15)3/h4-10,16,18H,1-3H3,(H,19,20). The minimum atomic E-state index is -0.877. The first-order valence-electron chi connectivity index (χ1n) is 6.61. The van der Waals surface area contributed by atoms with Crippen LogP contribution < -0.4 is 5.32 Å². The van der Waals surface area contributed by atoms with E-state index in [0.717, 1.165) is 27.9 Å². The van der Waals surface area contributed by atoms with Gasteiger partial charge in [-0.2, -0.15) is 0 Å². The fraction of sp³-hybridized carbons (Fsp3) is 0.235. The summed E-state index contributed by atoms with van der Waals surface area (Å²) in [7, 11) is 0. The van der Waals surface area contributed by atoms with Crippen molar-refractivity contribution in [3.05, 3.63) is 64.7 Å². The van der Waals surface area contributed by atoms with Gasteiger partial charge in [0, 0.05) is 5.69 Å². The normalized spacial score (nSPS) is 11.9. The van der Waals surface area contributed by atoms with Crippen molar-refractivity contribution in [1.29, 1.82) is 0 Å². The Morgan fingerprint density at radius 1 is 1.05 bits per heavy atom. The van der Waals surface area contributed by atoms with Crippen LogP contribution in [-0.4, -0.2) is 11.1 Å². The second kappa shape index (κ2) is 5.78. The summed E-state index contributed by atoms with van der Waals surface area (Å²) in [5.41, 5.74) is 4.80. The minimum Gasteiger partial charge on any atom is -0.479 e. The van der Waals surface area contributed by atoms with Crippen LogP contribution in [0.1, 0.15) is 28.3 Å². The number of hydrogen-bond donors (Lipinski definition) is 2. The van der Waals surface area contributed by atoms with E-state index >= 15 is 0 Å². The predicted octanol–water partition coefficient (Wildman–Crippen LogP) is 3.85. The van der Waals surface area contributed by atoms with Gasteiger partial charge in [0.2, 0.25) is 0 Å². The van der Waals surface area contributed by atoms with Crippen LogP contribution in [0.25, 0.3) is 0 Å². The van der Waals surface area contributed by atoms with Gasteiger partial charge in [0.1, 0.15) is 0 Å². The molecule has 20 heavy (non-hydrogen) atoms. The molecule has 0 saturated heterocycles. The Labute approximate surface area is 119 Å². The van der Waals surface area contributed by atoms with Crippen molar-refractivity contribution in [1.82, 2.24) is 0 Å². The van der Waals surface area contributed by atoms with Crippen molar-refractivity contribution in [2.45, 2.75) is 26.8 Å². The lowest BCUT2D eigenvalue weighted by atomic mass is 10.0. The molecule has 3 nitrogen and oxygen atoms in total. The van der Waals surface area contributed by atoms with Crippen molar-refractivity contribution in [3.8, 4) is 0 Å². The van der Waals surface area contributed by atoms with Crippen molar-refractivity contribution >= 4 is 11.7 Å². The molecule has 104 valence electrons. The molecule has 0 aliphatic heterocycles. The van der Waals surface area contributed by atoms with Gasteiger partial charge in [0.05, 0.1) is 0 Å². The summed E-state index contributed by atoms with van der Waals surface area (Å²) in [5, 5.41) is 12.7. The van der Waals surface area contributed by atoms with E-state index in [1.54, 1.807) is 0 Å². The topological polar surface area (TPSA) is 49.3 Å². The van der Waals surface area contributed by atoms with Gasteiger partial charge in [0.15, 0.2) is 6.04 Å². The van der Waals surface area contributed by atoms with Crippen LogP contribution in [0.2, 0.25) is 0 Å². The number of aliphatic carboxylic acids is 1. The zero-order chi connectivity index (χ0) is 14.7. The van der Waals surface area contributed by atoms with E-state index < -0.39 is 12.0 Å². The SMILES string of the molecule is Cc1cccc(C(Nc2c(C)cccc2C)C(=O)O)c1.